The Morgan fingerprint density at radius 3 is 3.06 bits per heavy atom. The lowest BCUT2D eigenvalue weighted by molar-refractivity contribution is -0.119. The van der Waals surface area contributed by atoms with E-state index in [9.17, 15) is 4.79 Å². The number of hydrogen-bond donors (Lipinski definition) is 2. The molecular weight excluding hydrogens is 238 g/mol. The second kappa shape index (κ2) is 4.23. The van der Waals surface area contributed by atoms with E-state index in [0.717, 1.165) is 24.0 Å². The standard InChI is InChI=1S/C10H15N5OS/c11-8(16)7-5-12-3-4-15(7)10-13-9(14-17-10)6-1-2-6/h6-7,12H,1-5H2,(H2,11,16). The van der Waals surface area contributed by atoms with Gasteiger partial charge in [-0.25, -0.2) is 4.98 Å². The molecule has 6 nitrogen and oxygen atoms in total. The summed E-state index contributed by atoms with van der Waals surface area (Å²) in [6.07, 6.45) is 2.38. The molecule has 0 radical (unpaired) electrons. The number of hydrogen-bond acceptors (Lipinski definition) is 6. The fraction of sp³-hybridized carbons (Fsp3) is 0.700. The third-order valence-electron chi connectivity index (χ3n) is 3.19. The van der Waals surface area contributed by atoms with Crippen LogP contribution in [-0.4, -0.2) is 40.9 Å². The Kier molecular flexibility index (Phi) is 2.71. The van der Waals surface area contributed by atoms with Crippen molar-refractivity contribution >= 4 is 22.6 Å². The highest BCUT2D eigenvalue weighted by Crippen LogP contribution is 2.39. The minimum atomic E-state index is -0.305. The zero-order valence-corrected chi connectivity index (χ0v) is 10.2. The molecule has 7 heteroatoms. The van der Waals surface area contributed by atoms with E-state index < -0.39 is 0 Å². The van der Waals surface area contributed by atoms with Crippen molar-refractivity contribution < 1.29 is 4.79 Å². The van der Waals surface area contributed by atoms with Crippen LogP contribution in [0.4, 0.5) is 5.13 Å². The van der Waals surface area contributed by atoms with Crippen LogP contribution in [0.5, 0.6) is 0 Å². The summed E-state index contributed by atoms with van der Waals surface area (Å²) >= 11 is 1.37. The Hall–Kier alpha value is -1.21. The van der Waals surface area contributed by atoms with Crippen LogP contribution in [0.25, 0.3) is 0 Å². The summed E-state index contributed by atoms with van der Waals surface area (Å²) in [5.41, 5.74) is 5.41. The molecule has 2 aliphatic rings. The van der Waals surface area contributed by atoms with Gasteiger partial charge in [-0.3, -0.25) is 4.79 Å². The molecule has 0 bridgehead atoms. The molecule has 1 aliphatic carbocycles. The molecule has 2 fully saturated rings. The fourth-order valence-electron chi connectivity index (χ4n) is 2.04. The van der Waals surface area contributed by atoms with Crippen molar-refractivity contribution in [1.82, 2.24) is 14.7 Å². The molecule has 1 unspecified atom stereocenters. The molecule has 1 aromatic heterocycles. The molecule has 1 aromatic rings. The van der Waals surface area contributed by atoms with Crippen LogP contribution >= 0.6 is 11.5 Å². The van der Waals surface area contributed by atoms with E-state index in [4.69, 9.17) is 5.73 Å². The van der Waals surface area contributed by atoms with Gasteiger partial charge in [0.15, 0.2) is 0 Å². The van der Waals surface area contributed by atoms with Crippen LogP contribution in [0.3, 0.4) is 0 Å². The topological polar surface area (TPSA) is 84.1 Å². The van der Waals surface area contributed by atoms with Crippen molar-refractivity contribution in [1.29, 1.82) is 0 Å². The monoisotopic (exact) mass is 253 g/mol. The number of primary amides is 1. The predicted octanol–water partition coefficient (Wildman–Crippen LogP) is -0.321. The normalized spacial score (nSPS) is 24.9. The van der Waals surface area contributed by atoms with Gasteiger partial charge < -0.3 is 16.0 Å². The maximum Gasteiger partial charge on any atom is 0.241 e. The zero-order valence-electron chi connectivity index (χ0n) is 9.43. The highest BCUT2D eigenvalue weighted by Gasteiger charge is 2.32. The lowest BCUT2D eigenvalue weighted by Crippen LogP contribution is -2.57. The lowest BCUT2D eigenvalue weighted by atomic mass is 10.2. The predicted molar refractivity (Wildman–Crippen MR) is 65.1 cm³/mol. The van der Waals surface area contributed by atoms with Gasteiger partial charge in [0, 0.05) is 37.1 Å². The molecule has 3 rings (SSSR count). The summed E-state index contributed by atoms with van der Waals surface area (Å²) in [5, 5.41) is 4.00. The van der Waals surface area contributed by atoms with Crippen LogP contribution < -0.4 is 16.0 Å². The number of nitrogens with one attached hydrogen (secondary N) is 1. The second-order valence-electron chi connectivity index (χ2n) is 4.53. The minimum Gasteiger partial charge on any atom is -0.368 e. The van der Waals surface area contributed by atoms with Crippen LogP contribution in [0, 0.1) is 0 Å². The third-order valence-corrected chi connectivity index (χ3v) is 3.96. The average molecular weight is 253 g/mol. The molecule has 1 saturated heterocycles. The van der Waals surface area contributed by atoms with Crippen LogP contribution in [0.15, 0.2) is 0 Å². The van der Waals surface area contributed by atoms with Gasteiger partial charge in [0.2, 0.25) is 11.0 Å². The maximum absolute atomic E-state index is 11.4. The first kappa shape index (κ1) is 10.9. The van der Waals surface area contributed by atoms with Crippen LogP contribution in [0.2, 0.25) is 0 Å². The average Bonchev–Trinajstić information content (AvgIpc) is 3.07. The quantitative estimate of drug-likeness (QED) is 0.771. The summed E-state index contributed by atoms with van der Waals surface area (Å²) in [6, 6.07) is -0.302. The summed E-state index contributed by atoms with van der Waals surface area (Å²) in [6.45, 7) is 2.20. The fourth-order valence-corrected chi connectivity index (χ4v) is 2.86. The number of carbonyl (C=O) groups is 1. The second-order valence-corrected chi connectivity index (χ2v) is 5.26. The van der Waals surface area contributed by atoms with Crippen molar-refractivity contribution in [3.05, 3.63) is 5.82 Å². The van der Waals surface area contributed by atoms with Crippen LogP contribution in [-0.2, 0) is 4.79 Å². The van der Waals surface area contributed by atoms with E-state index in [1.807, 2.05) is 4.90 Å². The van der Waals surface area contributed by atoms with Gasteiger partial charge >= 0.3 is 0 Å². The van der Waals surface area contributed by atoms with E-state index in [-0.39, 0.29) is 11.9 Å². The van der Waals surface area contributed by atoms with Gasteiger partial charge in [-0.2, -0.15) is 4.37 Å². The van der Waals surface area contributed by atoms with Gasteiger partial charge in [-0.1, -0.05) is 0 Å². The Balaban J connectivity index is 1.81. The van der Waals surface area contributed by atoms with Gasteiger partial charge in [0.05, 0.1) is 0 Å². The first-order chi connectivity index (χ1) is 8.25. The Labute approximate surface area is 103 Å². The first-order valence-electron chi connectivity index (χ1n) is 5.86. The lowest BCUT2D eigenvalue weighted by Gasteiger charge is -2.33. The van der Waals surface area contributed by atoms with Gasteiger partial charge in [0.1, 0.15) is 11.9 Å². The Bertz CT molecular complexity index is 430. The van der Waals surface area contributed by atoms with Crippen molar-refractivity contribution in [2.45, 2.75) is 24.8 Å². The molecule has 1 atom stereocenters. The summed E-state index contributed by atoms with van der Waals surface area (Å²) in [7, 11) is 0. The van der Waals surface area contributed by atoms with E-state index >= 15 is 0 Å². The van der Waals surface area contributed by atoms with Gasteiger partial charge in [-0.05, 0) is 12.8 Å². The number of aromatic nitrogens is 2. The number of amides is 1. The van der Waals surface area contributed by atoms with Gasteiger partial charge in [0.25, 0.3) is 0 Å². The highest BCUT2D eigenvalue weighted by atomic mass is 32.1. The molecule has 0 aromatic carbocycles. The number of nitrogens with two attached hydrogens (primary N) is 1. The summed E-state index contributed by atoms with van der Waals surface area (Å²) in [5.74, 6) is 1.18. The number of carbonyl (C=O) groups excluding carboxylic acids is 1. The van der Waals surface area contributed by atoms with Crippen molar-refractivity contribution in [2.75, 3.05) is 24.5 Å². The first-order valence-corrected chi connectivity index (χ1v) is 6.63. The highest BCUT2D eigenvalue weighted by molar-refractivity contribution is 7.09. The van der Waals surface area contributed by atoms with E-state index in [0.29, 0.717) is 12.5 Å². The number of anilines is 1. The molecule has 92 valence electrons. The summed E-state index contributed by atoms with van der Waals surface area (Å²) < 4.78 is 4.36. The molecule has 2 heterocycles. The minimum absolute atomic E-state index is 0.302. The number of rotatable bonds is 3. The molecular formula is C10H15N5OS. The van der Waals surface area contributed by atoms with Crippen molar-refractivity contribution in [3.63, 3.8) is 0 Å². The van der Waals surface area contributed by atoms with E-state index in [1.54, 1.807) is 0 Å². The molecule has 0 spiro atoms. The molecule has 1 aliphatic heterocycles. The van der Waals surface area contributed by atoms with Crippen molar-refractivity contribution in [2.24, 2.45) is 5.73 Å². The number of piperazine rings is 1. The smallest absolute Gasteiger partial charge is 0.241 e. The SMILES string of the molecule is NC(=O)C1CNCCN1c1nc(C2CC2)ns1. The molecule has 17 heavy (non-hydrogen) atoms. The molecule has 1 amide bonds. The third kappa shape index (κ3) is 2.12. The Morgan fingerprint density at radius 1 is 1.53 bits per heavy atom. The Morgan fingerprint density at radius 2 is 2.35 bits per heavy atom. The largest absolute Gasteiger partial charge is 0.368 e. The summed E-state index contributed by atoms with van der Waals surface area (Å²) in [4.78, 5) is 17.9. The number of nitrogens with zero attached hydrogens (tertiary/aromatic N) is 3. The molecule has 3 N–H and O–H groups in total. The van der Waals surface area contributed by atoms with Gasteiger partial charge in [-0.15, -0.1) is 0 Å². The van der Waals surface area contributed by atoms with E-state index in [1.165, 1.54) is 24.4 Å². The maximum atomic E-state index is 11.4. The van der Waals surface area contributed by atoms with Crippen molar-refractivity contribution in [3.8, 4) is 0 Å². The van der Waals surface area contributed by atoms with E-state index in [2.05, 4.69) is 14.7 Å². The molecule has 1 saturated carbocycles. The van der Waals surface area contributed by atoms with Crippen LogP contribution in [0.1, 0.15) is 24.6 Å². The zero-order chi connectivity index (χ0) is 11.8.